The summed E-state index contributed by atoms with van der Waals surface area (Å²) in [6.07, 6.45) is 0. The molecular weight excluding hydrogens is 242 g/mol. The second-order valence-electron chi connectivity index (χ2n) is 3.41. The minimum Gasteiger partial charge on any atom is -0.348 e. The molecule has 0 aliphatic carbocycles. The molecule has 0 radical (unpaired) electrons. The fourth-order valence-electron chi connectivity index (χ4n) is 1.88. The van der Waals surface area contributed by atoms with Gasteiger partial charge in [0, 0.05) is 19.3 Å². The molecule has 5 heteroatoms. The molecule has 90 valence electrons. The number of fused-ring (bicyclic) bond motifs is 1. The molecular formula is C11H17NO2S2. The average molecular weight is 259 g/mol. The second kappa shape index (κ2) is 4.98. The zero-order chi connectivity index (χ0) is 11.6. The predicted molar refractivity (Wildman–Crippen MR) is 70.2 cm³/mol. The number of rotatable bonds is 3. The summed E-state index contributed by atoms with van der Waals surface area (Å²) in [5, 5.41) is 4.30. The highest BCUT2D eigenvalue weighted by Gasteiger charge is 2.39. The van der Waals surface area contributed by atoms with E-state index in [9.17, 15) is 0 Å². The zero-order valence-corrected chi connectivity index (χ0v) is 11.4. The van der Waals surface area contributed by atoms with Crippen LogP contribution in [0.15, 0.2) is 15.7 Å². The van der Waals surface area contributed by atoms with Gasteiger partial charge in [-0.2, -0.15) is 0 Å². The van der Waals surface area contributed by atoms with Crippen molar-refractivity contribution in [3.63, 3.8) is 0 Å². The Balaban J connectivity index is 2.46. The van der Waals surface area contributed by atoms with Crippen molar-refractivity contribution in [3.05, 3.63) is 17.0 Å². The van der Waals surface area contributed by atoms with Crippen LogP contribution in [0.1, 0.15) is 19.4 Å². The lowest BCUT2D eigenvalue weighted by atomic mass is 10.1. The van der Waals surface area contributed by atoms with Gasteiger partial charge >= 0.3 is 0 Å². The van der Waals surface area contributed by atoms with Gasteiger partial charge in [0.1, 0.15) is 0 Å². The third kappa shape index (κ3) is 1.87. The highest BCUT2D eigenvalue weighted by atomic mass is 32.2. The zero-order valence-electron chi connectivity index (χ0n) is 9.78. The monoisotopic (exact) mass is 259 g/mol. The van der Waals surface area contributed by atoms with Crippen LogP contribution in [0.4, 0.5) is 0 Å². The number of ether oxygens (including phenoxy) is 2. The van der Waals surface area contributed by atoms with E-state index in [1.54, 1.807) is 18.4 Å². The summed E-state index contributed by atoms with van der Waals surface area (Å²) in [5.74, 6) is -0.601. The Labute approximate surface area is 103 Å². The molecule has 1 aliphatic rings. The van der Waals surface area contributed by atoms with E-state index in [0.29, 0.717) is 13.2 Å². The van der Waals surface area contributed by atoms with Gasteiger partial charge in [-0.3, -0.25) is 4.72 Å². The smallest absolute Gasteiger partial charge is 0.210 e. The van der Waals surface area contributed by atoms with Crippen LogP contribution in [0.3, 0.4) is 0 Å². The molecule has 0 saturated carbocycles. The van der Waals surface area contributed by atoms with Crippen LogP contribution in [0.2, 0.25) is 0 Å². The van der Waals surface area contributed by atoms with Crippen LogP contribution in [-0.4, -0.2) is 25.6 Å². The minimum atomic E-state index is -0.601. The second-order valence-corrected chi connectivity index (χ2v) is 6.42. The van der Waals surface area contributed by atoms with Crippen molar-refractivity contribution in [1.29, 1.82) is 0 Å². The van der Waals surface area contributed by atoms with Gasteiger partial charge in [-0.25, -0.2) is 0 Å². The van der Waals surface area contributed by atoms with Crippen molar-refractivity contribution in [1.82, 2.24) is 4.72 Å². The van der Waals surface area contributed by atoms with Gasteiger partial charge in [0.15, 0.2) is 0 Å². The lowest BCUT2D eigenvalue weighted by molar-refractivity contribution is -0.226. The van der Waals surface area contributed by atoms with E-state index < -0.39 is 5.79 Å². The number of nitrogens with one attached hydrogen (secondary N) is 1. The molecule has 0 saturated heterocycles. The number of thiophene rings is 1. The fraction of sp³-hybridized carbons (Fsp3) is 0.545. The molecule has 2 atom stereocenters. The summed E-state index contributed by atoms with van der Waals surface area (Å²) in [6, 6.07) is 2.11. The van der Waals surface area contributed by atoms with Crippen molar-refractivity contribution in [2.24, 2.45) is 0 Å². The minimum absolute atomic E-state index is 0.0363. The average Bonchev–Trinajstić information content (AvgIpc) is 2.79. The van der Waals surface area contributed by atoms with Crippen LogP contribution in [0.5, 0.6) is 0 Å². The van der Waals surface area contributed by atoms with Gasteiger partial charge in [-0.05, 0) is 30.7 Å². The van der Waals surface area contributed by atoms with Gasteiger partial charge in [-0.15, -0.1) is 11.3 Å². The first-order chi connectivity index (χ1) is 7.77. The number of hydrogen-bond acceptors (Lipinski definition) is 4. The van der Waals surface area contributed by atoms with Gasteiger partial charge in [0.05, 0.1) is 10.8 Å². The number of methoxy groups -OCH3 is 1. The van der Waals surface area contributed by atoms with Gasteiger partial charge in [-0.1, -0.05) is 10.7 Å². The topological polar surface area (TPSA) is 30.5 Å². The van der Waals surface area contributed by atoms with Crippen molar-refractivity contribution in [2.45, 2.75) is 23.8 Å². The summed E-state index contributed by atoms with van der Waals surface area (Å²) in [6.45, 7) is 5.43. The predicted octanol–water partition coefficient (Wildman–Crippen LogP) is 2.55. The standard InChI is InChI=1S/C11H17NO2S2/c1-4-14-11(13-3)8-12-16(5-2)10-9(11)6-7-15-10/h5-7,12H,4,8H2,1-3H3. The summed E-state index contributed by atoms with van der Waals surface area (Å²) in [4.78, 5) is 0. The molecule has 2 heterocycles. The Morgan fingerprint density at radius 1 is 1.69 bits per heavy atom. The Kier molecular flexibility index (Phi) is 3.81. The summed E-state index contributed by atoms with van der Waals surface area (Å²) in [7, 11) is 1.74. The van der Waals surface area contributed by atoms with E-state index in [2.05, 4.69) is 28.5 Å². The van der Waals surface area contributed by atoms with Gasteiger partial charge < -0.3 is 9.47 Å². The van der Waals surface area contributed by atoms with E-state index in [0.717, 1.165) is 0 Å². The quantitative estimate of drug-likeness (QED) is 0.668. The van der Waals surface area contributed by atoms with Crippen LogP contribution >= 0.6 is 22.0 Å². The molecule has 2 unspecified atom stereocenters. The first-order valence-corrected chi connectivity index (χ1v) is 7.47. The maximum Gasteiger partial charge on any atom is 0.210 e. The lowest BCUT2D eigenvalue weighted by Gasteiger charge is -2.37. The molecule has 1 aromatic heterocycles. The Morgan fingerprint density at radius 2 is 2.50 bits per heavy atom. The lowest BCUT2D eigenvalue weighted by Crippen LogP contribution is -2.43. The van der Waals surface area contributed by atoms with Crippen LogP contribution in [-0.2, 0) is 15.3 Å². The summed E-state index contributed by atoms with van der Waals surface area (Å²) < 4.78 is 16.2. The van der Waals surface area contributed by atoms with Gasteiger partial charge in [0.25, 0.3) is 0 Å². The molecule has 3 nitrogen and oxygen atoms in total. The molecule has 1 aromatic rings. The normalized spacial score (nSPS) is 29.3. The fourth-order valence-corrected chi connectivity index (χ4v) is 4.92. The third-order valence-electron chi connectivity index (χ3n) is 2.64. The molecule has 1 aliphatic heterocycles. The molecule has 0 amide bonds. The first-order valence-electron chi connectivity index (χ1n) is 5.30. The maximum absolute atomic E-state index is 5.81. The molecule has 16 heavy (non-hydrogen) atoms. The molecule has 2 rings (SSSR count). The summed E-state index contributed by atoms with van der Waals surface area (Å²) in [5.41, 5.74) is 1.18. The highest BCUT2D eigenvalue weighted by molar-refractivity contribution is 8.14. The summed E-state index contributed by atoms with van der Waals surface area (Å²) >= 11 is 1.76. The van der Waals surface area contributed by atoms with Crippen molar-refractivity contribution in [2.75, 3.05) is 20.3 Å². The van der Waals surface area contributed by atoms with E-state index in [1.165, 1.54) is 9.77 Å². The van der Waals surface area contributed by atoms with E-state index in [4.69, 9.17) is 9.47 Å². The van der Waals surface area contributed by atoms with Gasteiger partial charge in [0.2, 0.25) is 5.79 Å². The maximum atomic E-state index is 5.81. The van der Waals surface area contributed by atoms with Crippen LogP contribution in [0.25, 0.3) is 0 Å². The van der Waals surface area contributed by atoms with Crippen molar-refractivity contribution < 1.29 is 9.47 Å². The first kappa shape index (κ1) is 12.3. The van der Waals surface area contributed by atoms with E-state index >= 15 is 0 Å². The largest absolute Gasteiger partial charge is 0.348 e. The van der Waals surface area contributed by atoms with Crippen LogP contribution < -0.4 is 4.72 Å². The van der Waals surface area contributed by atoms with E-state index in [-0.39, 0.29) is 10.7 Å². The Hall–Kier alpha value is -0.200. The molecule has 1 N–H and O–H groups in total. The molecule has 0 fully saturated rings. The highest BCUT2D eigenvalue weighted by Crippen LogP contribution is 2.44. The molecule has 0 aromatic carbocycles. The van der Waals surface area contributed by atoms with Crippen molar-refractivity contribution >= 4 is 27.4 Å². The van der Waals surface area contributed by atoms with E-state index in [1.807, 2.05) is 6.92 Å². The number of hydrogen-bond donors (Lipinski definition) is 1. The van der Waals surface area contributed by atoms with Crippen LogP contribution in [0, 0.1) is 0 Å². The Bertz CT molecular complexity index is 402. The molecule has 0 bridgehead atoms. The molecule has 0 spiro atoms. The van der Waals surface area contributed by atoms with Crippen molar-refractivity contribution in [3.8, 4) is 0 Å². The Morgan fingerprint density at radius 3 is 3.12 bits per heavy atom. The third-order valence-corrected chi connectivity index (χ3v) is 5.72. The SMILES string of the molecule is C/C=S1/NCC(OC)(OCC)c2ccsc21.